The topological polar surface area (TPSA) is 120 Å². The van der Waals surface area contributed by atoms with E-state index in [-0.39, 0.29) is 11.4 Å². The van der Waals surface area contributed by atoms with E-state index in [1.807, 2.05) is 13.0 Å². The summed E-state index contributed by atoms with van der Waals surface area (Å²) in [6.45, 7) is 7.22. The van der Waals surface area contributed by atoms with Crippen LogP contribution in [0.15, 0.2) is 77.7 Å². The van der Waals surface area contributed by atoms with Gasteiger partial charge in [0.2, 0.25) is 0 Å². The summed E-state index contributed by atoms with van der Waals surface area (Å²) in [5.41, 5.74) is 1.47. The molecule has 0 saturated carbocycles. The fraction of sp³-hybridized carbons (Fsp3) is 0.276. The number of nitrogens with zero attached hydrogens (tertiary/aromatic N) is 3. The second-order valence-electron chi connectivity index (χ2n) is 9.85. The number of urea groups is 1. The van der Waals surface area contributed by atoms with E-state index in [1.54, 1.807) is 87.5 Å². The summed E-state index contributed by atoms with van der Waals surface area (Å²) < 4.78 is 30.0. The highest BCUT2D eigenvalue weighted by Crippen LogP contribution is 2.29. The van der Waals surface area contributed by atoms with Crippen molar-refractivity contribution in [2.75, 3.05) is 23.1 Å². The molecule has 0 fully saturated rings. The summed E-state index contributed by atoms with van der Waals surface area (Å²) in [7, 11) is -3.44. The Bertz CT molecular complexity index is 1490. The first-order valence-corrected chi connectivity index (χ1v) is 14.2. The van der Waals surface area contributed by atoms with Crippen LogP contribution >= 0.6 is 0 Å². The van der Waals surface area contributed by atoms with Gasteiger partial charge in [-0.25, -0.2) is 23.0 Å². The fourth-order valence-electron chi connectivity index (χ4n) is 3.81. The molecule has 0 radical (unpaired) electrons. The van der Waals surface area contributed by atoms with Crippen LogP contribution in [0.25, 0.3) is 11.1 Å². The van der Waals surface area contributed by atoms with E-state index >= 15 is 0 Å². The number of nitrogens with one attached hydrogen (secondary N) is 1. The van der Waals surface area contributed by atoms with E-state index in [0.717, 1.165) is 11.3 Å². The maximum atomic E-state index is 13.5. The van der Waals surface area contributed by atoms with E-state index in [1.165, 1.54) is 11.1 Å². The lowest BCUT2D eigenvalue weighted by atomic mass is 10.1. The molecule has 0 unspecified atom stereocenters. The van der Waals surface area contributed by atoms with Crippen LogP contribution in [0.2, 0.25) is 0 Å². The van der Waals surface area contributed by atoms with Crippen molar-refractivity contribution < 1.29 is 22.7 Å². The number of carbonyl (C=O) groups excluding carboxylic acids is 2. The molecule has 0 spiro atoms. The average molecular weight is 549 g/mol. The molecular weight excluding hydrogens is 516 g/mol. The summed E-state index contributed by atoms with van der Waals surface area (Å²) >= 11 is 0. The Morgan fingerprint density at radius 1 is 1.00 bits per heavy atom. The smallest absolute Gasteiger partial charge is 0.434 e. The fourth-order valence-corrected chi connectivity index (χ4v) is 4.72. The van der Waals surface area contributed by atoms with Crippen molar-refractivity contribution in [2.24, 2.45) is 0 Å². The predicted molar refractivity (Wildman–Crippen MR) is 151 cm³/mol. The highest BCUT2D eigenvalue weighted by molar-refractivity contribution is 7.90. The maximum Gasteiger partial charge on any atom is 0.434 e. The minimum Gasteiger partial charge on any atom is -0.442 e. The van der Waals surface area contributed by atoms with Gasteiger partial charge in [-0.1, -0.05) is 43.3 Å². The van der Waals surface area contributed by atoms with Crippen molar-refractivity contribution >= 4 is 33.3 Å². The molecule has 0 aliphatic rings. The minimum absolute atomic E-state index is 0.182. The molecule has 0 bridgehead atoms. The average Bonchev–Trinajstić information content (AvgIpc) is 2.87. The molecule has 3 amide bonds. The molecule has 1 N–H and O–H groups in total. The molecule has 9 nitrogen and oxygen atoms in total. The van der Waals surface area contributed by atoms with Gasteiger partial charge >= 0.3 is 12.1 Å². The zero-order valence-electron chi connectivity index (χ0n) is 22.6. The zero-order chi connectivity index (χ0) is 28.8. The number of nitriles is 1. The molecular formula is C29H32N4O5S. The quantitative estimate of drug-likeness (QED) is 0.365. The number of benzene rings is 3. The number of hydrogen-bond donors (Lipinski definition) is 1. The first-order chi connectivity index (χ1) is 18.3. The van der Waals surface area contributed by atoms with Crippen molar-refractivity contribution in [3.8, 4) is 17.2 Å². The van der Waals surface area contributed by atoms with E-state index in [0.29, 0.717) is 34.5 Å². The van der Waals surface area contributed by atoms with Crippen LogP contribution in [-0.4, -0.2) is 44.0 Å². The van der Waals surface area contributed by atoms with Crippen molar-refractivity contribution in [3.63, 3.8) is 0 Å². The summed E-state index contributed by atoms with van der Waals surface area (Å²) in [6, 6.07) is 21.3. The number of rotatable bonds is 6. The Morgan fingerprint density at radius 3 is 2.26 bits per heavy atom. The number of amides is 3. The maximum absolute atomic E-state index is 13.5. The van der Waals surface area contributed by atoms with Gasteiger partial charge in [0, 0.05) is 24.1 Å². The van der Waals surface area contributed by atoms with Crippen molar-refractivity contribution in [1.29, 1.82) is 5.26 Å². The first kappa shape index (κ1) is 29.2. The molecule has 3 rings (SSSR count). The second-order valence-corrected chi connectivity index (χ2v) is 11.8. The normalized spacial score (nSPS) is 11.3. The third-order valence-corrected chi connectivity index (χ3v) is 6.59. The molecule has 10 heteroatoms. The van der Waals surface area contributed by atoms with Gasteiger partial charge in [0.05, 0.1) is 22.2 Å². The first-order valence-electron chi connectivity index (χ1n) is 12.4. The van der Waals surface area contributed by atoms with E-state index in [2.05, 4.69) is 5.32 Å². The van der Waals surface area contributed by atoms with Crippen LogP contribution in [-0.2, 0) is 14.6 Å². The SMILES string of the molecule is CCCN(C(=O)Nc1ccc(-c2ccccc2S(C)(=O)=O)cc1)N(C(=O)OC(C)(C)C)c1cccc(C#N)c1. The van der Waals surface area contributed by atoms with Crippen molar-refractivity contribution in [3.05, 3.63) is 78.4 Å². The molecule has 0 aliphatic carbocycles. The largest absolute Gasteiger partial charge is 0.442 e. The molecule has 39 heavy (non-hydrogen) atoms. The van der Waals surface area contributed by atoms with Crippen LogP contribution in [0.3, 0.4) is 0 Å². The number of sulfone groups is 1. The third-order valence-electron chi connectivity index (χ3n) is 5.43. The van der Waals surface area contributed by atoms with Gasteiger partial charge in [0.15, 0.2) is 9.84 Å². The third kappa shape index (κ3) is 7.58. The molecule has 204 valence electrons. The predicted octanol–water partition coefficient (Wildman–Crippen LogP) is 6.23. The summed E-state index contributed by atoms with van der Waals surface area (Å²) in [5, 5.41) is 14.5. The Morgan fingerprint density at radius 2 is 1.67 bits per heavy atom. The second kappa shape index (κ2) is 12.0. The number of hydrazine groups is 1. The molecule has 3 aromatic rings. The Hall–Kier alpha value is -4.36. The minimum atomic E-state index is -3.44. The lowest BCUT2D eigenvalue weighted by Gasteiger charge is -2.35. The zero-order valence-corrected chi connectivity index (χ0v) is 23.5. The van der Waals surface area contributed by atoms with Crippen LogP contribution in [0.4, 0.5) is 21.0 Å². The van der Waals surface area contributed by atoms with E-state index in [9.17, 15) is 23.3 Å². The number of anilines is 2. The van der Waals surface area contributed by atoms with Crippen molar-refractivity contribution in [2.45, 2.75) is 44.6 Å². The van der Waals surface area contributed by atoms with E-state index < -0.39 is 27.6 Å². The van der Waals surface area contributed by atoms with Gasteiger partial charge < -0.3 is 10.1 Å². The summed E-state index contributed by atoms with van der Waals surface area (Å²) in [4.78, 5) is 27.0. The van der Waals surface area contributed by atoms with Gasteiger partial charge in [-0.15, -0.1) is 0 Å². The highest BCUT2D eigenvalue weighted by atomic mass is 32.2. The monoisotopic (exact) mass is 548 g/mol. The highest BCUT2D eigenvalue weighted by Gasteiger charge is 2.31. The van der Waals surface area contributed by atoms with Crippen molar-refractivity contribution in [1.82, 2.24) is 5.01 Å². The van der Waals surface area contributed by atoms with Gasteiger partial charge in [-0.3, -0.25) is 0 Å². The van der Waals surface area contributed by atoms with Gasteiger partial charge in [-0.05, 0) is 69.2 Å². The van der Waals surface area contributed by atoms with E-state index in [4.69, 9.17) is 4.74 Å². The number of carbonyl (C=O) groups is 2. The molecule has 0 heterocycles. The Kier molecular flexibility index (Phi) is 8.99. The van der Waals surface area contributed by atoms with Crippen LogP contribution < -0.4 is 10.3 Å². The number of ether oxygens (including phenoxy) is 1. The summed E-state index contributed by atoms with van der Waals surface area (Å²) in [5.74, 6) is 0. The standard InChI is InChI=1S/C29H32N4O5S/c1-6-18-32(33(28(35)38-29(2,3)4)24-11-9-10-21(19-24)20-30)27(34)31-23-16-14-22(15-17-23)25-12-7-8-13-26(25)39(5,36)37/h7-17,19H,6,18H2,1-5H3,(H,31,34). The molecule has 0 aromatic heterocycles. The Balaban J connectivity index is 1.94. The number of hydrogen-bond acceptors (Lipinski definition) is 6. The van der Waals surface area contributed by atoms with Gasteiger partial charge in [-0.2, -0.15) is 10.3 Å². The molecule has 0 aliphatic heterocycles. The lowest BCUT2D eigenvalue weighted by Crippen LogP contribution is -2.53. The molecule has 0 saturated heterocycles. The van der Waals surface area contributed by atoms with Gasteiger partial charge in [0.25, 0.3) is 0 Å². The lowest BCUT2D eigenvalue weighted by molar-refractivity contribution is 0.0492. The Labute approximate surface area is 229 Å². The molecule has 0 atom stereocenters. The van der Waals surface area contributed by atoms with Crippen LogP contribution in [0, 0.1) is 11.3 Å². The summed E-state index contributed by atoms with van der Waals surface area (Å²) in [6.07, 6.45) is 0.922. The van der Waals surface area contributed by atoms with Crippen LogP contribution in [0.5, 0.6) is 0 Å². The van der Waals surface area contributed by atoms with Gasteiger partial charge in [0.1, 0.15) is 5.60 Å². The molecule has 3 aromatic carbocycles. The van der Waals surface area contributed by atoms with Crippen LogP contribution in [0.1, 0.15) is 39.7 Å².